The fourth-order valence-corrected chi connectivity index (χ4v) is 4.40. The van der Waals surface area contributed by atoms with Gasteiger partial charge in [0, 0.05) is 24.3 Å². The molecule has 1 aliphatic heterocycles. The lowest BCUT2D eigenvalue weighted by molar-refractivity contribution is 0.0928. The number of nitrogens with zero attached hydrogens (tertiary/aromatic N) is 3. The third kappa shape index (κ3) is 3.93. The average Bonchev–Trinajstić information content (AvgIpc) is 2.74. The summed E-state index contributed by atoms with van der Waals surface area (Å²) in [6, 6.07) is 7.88. The molecule has 0 saturated carbocycles. The first-order chi connectivity index (χ1) is 13.3. The molecule has 2 aromatic rings. The van der Waals surface area contributed by atoms with Crippen LogP contribution in [0.1, 0.15) is 55.5 Å². The maximum Gasteiger partial charge on any atom is 0.135 e. The van der Waals surface area contributed by atoms with Crippen molar-refractivity contribution in [2.24, 2.45) is 5.92 Å². The van der Waals surface area contributed by atoms with Gasteiger partial charge in [0.05, 0.1) is 12.7 Å². The van der Waals surface area contributed by atoms with Crippen LogP contribution in [0.4, 0.5) is 5.82 Å². The predicted octanol–water partition coefficient (Wildman–Crippen LogP) is 3.70. The monoisotopic (exact) mass is 367 g/mol. The Morgan fingerprint density at radius 3 is 2.59 bits per heavy atom. The summed E-state index contributed by atoms with van der Waals surface area (Å²) < 4.78 is 5.49. The van der Waals surface area contributed by atoms with Gasteiger partial charge >= 0.3 is 0 Å². The number of ether oxygens (including phenoxy) is 1. The third-order valence-corrected chi connectivity index (χ3v) is 5.92. The van der Waals surface area contributed by atoms with Crippen LogP contribution in [0.15, 0.2) is 30.6 Å². The number of benzene rings is 1. The maximum absolute atomic E-state index is 10.8. The van der Waals surface area contributed by atoms with Gasteiger partial charge < -0.3 is 14.7 Å². The van der Waals surface area contributed by atoms with E-state index in [4.69, 9.17) is 4.74 Å². The lowest BCUT2D eigenvalue weighted by Crippen LogP contribution is -2.37. The van der Waals surface area contributed by atoms with E-state index in [1.165, 1.54) is 24.1 Å². The van der Waals surface area contributed by atoms with Crippen LogP contribution in [-0.2, 0) is 12.8 Å². The molecule has 27 heavy (non-hydrogen) atoms. The van der Waals surface area contributed by atoms with Crippen molar-refractivity contribution in [1.29, 1.82) is 0 Å². The van der Waals surface area contributed by atoms with Crippen LogP contribution in [0.5, 0.6) is 5.75 Å². The Bertz CT molecular complexity index is 755. The summed E-state index contributed by atoms with van der Waals surface area (Å²) in [6.07, 6.45) is 7.92. The number of hydrogen-bond donors (Lipinski definition) is 1. The first kappa shape index (κ1) is 18.2. The standard InChI is InChI=1S/C22H29N3O2/c1-2-27-18-9-7-16(8-10-18)21(26)17-11-13-25(14-12-17)22-19-5-3-4-6-20(19)23-15-24-22/h7-10,15,17,21,26H,2-6,11-14H2,1H3. The van der Waals surface area contributed by atoms with Crippen LogP contribution in [0, 0.1) is 5.92 Å². The molecule has 1 aromatic heterocycles. The van der Waals surface area contributed by atoms with Crippen molar-refractivity contribution in [1.82, 2.24) is 9.97 Å². The van der Waals surface area contributed by atoms with E-state index in [2.05, 4.69) is 14.9 Å². The molecule has 5 heteroatoms. The highest BCUT2D eigenvalue weighted by molar-refractivity contribution is 5.50. The van der Waals surface area contributed by atoms with E-state index < -0.39 is 6.10 Å². The van der Waals surface area contributed by atoms with E-state index in [1.807, 2.05) is 31.2 Å². The SMILES string of the molecule is CCOc1ccc(C(O)C2CCN(c3ncnc4c3CCCC4)CC2)cc1. The molecule has 0 bridgehead atoms. The molecule has 1 fully saturated rings. The minimum absolute atomic E-state index is 0.289. The van der Waals surface area contributed by atoms with Crippen LogP contribution in [0.25, 0.3) is 0 Å². The molecule has 0 amide bonds. The summed E-state index contributed by atoms with van der Waals surface area (Å²) >= 11 is 0. The third-order valence-electron chi connectivity index (χ3n) is 5.92. The number of fused-ring (bicyclic) bond motifs is 1. The Labute approximate surface area is 161 Å². The fraction of sp³-hybridized carbons (Fsp3) is 0.545. The van der Waals surface area contributed by atoms with E-state index in [1.54, 1.807) is 6.33 Å². The molecule has 2 heterocycles. The van der Waals surface area contributed by atoms with Gasteiger partial charge in [0.15, 0.2) is 0 Å². The molecule has 1 atom stereocenters. The fourth-order valence-electron chi connectivity index (χ4n) is 4.40. The molecule has 5 nitrogen and oxygen atoms in total. The van der Waals surface area contributed by atoms with Crippen molar-refractivity contribution in [2.45, 2.75) is 51.6 Å². The van der Waals surface area contributed by atoms with Crippen molar-refractivity contribution in [2.75, 3.05) is 24.6 Å². The minimum Gasteiger partial charge on any atom is -0.494 e. The van der Waals surface area contributed by atoms with E-state index in [9.17, 15) is 5.11 Å². The predicted molar refractivity (Wildman–Crippen MR) is 106 cm³/mol. The zero-order valence-electron chi connectivity index (χ0n) is 16.1. The normalized spacial score (nSPS) is 18.8. The van der Waals surface area contributed by atoms with Gasteiger partial charge in [-0.05, 0) is 69.1 Å². The number of aliphatic hydroxyl groups is 1. The summed E-state index contributed by atoms with van der Waals surface area (Å²) in [5.41, 5.74) is 3.58. The quantitative estimate of drug-likeness (QED) is 0.873. The molecule has 2 aliphatic rings. The summed E-state index contributed by atoms with van der Waals surface area (Å²) in [4.78, 5) is 11.5. The number of aryl methyl sites for hydroxylation is 1. The lowest BCUT2D eigenvalue weighted by Gasteiger charge is -2.36. The lowest BCUT2D eigenvalue weighted by atomic mass is 9.87. The van der Waals surface area contributed by atoms with Gasteiger partial charge in [0.2, 0.25) is 0 Å². The molecule has 1 saturated heterocycles. The van der Waals surface area contributed by atoms with Gasteiger partial charge in [-0.2, -0.15) is 0 Å². The molecule has 0 spiro atoms. The number of aliphatic hydroxyl groups excluding tert-OH is 1. The molecule has 1 aliphatic carbocycles. The zero-order valence-corrected chi connectivity index (χ0v) is 16.1. The number of anilines is 1. The molecule has 4 rings (SSSR count). The van der Waals surface area contributed by atoms with Crippen LogP contribution >= 0.6 is 0 Å². The van der Waals surface area contributed by atoms with Gasteiger partial charge in [0.25, 0.3) is 0 Å². The Hall–Kier alpha value is -2.14. The zero-order chi connectivity index (χ0) is 18.6. The second-order valence-corrected chi connectivity index (χ2v) is 7.60. The Morgan fingerprint density at radius 1 is 1.11 bits per heavy atom. The number of piperidine rings is 1. The largest absolute Gasteiger partial charge is 0.494 e. The molecule has 144 valence electrons. The maximum atomic E-state index is 10.8. The smallest absolute Gasteiger partial charge is 0.135 e. The molecular formula is C22H29N3O2. The van der Waals surface area contributed by atoms with Crippen LogP contribution in [0.2, 0.25) is 0 Å². The van der Waals surface area contributed by atoms with Crippen molar-refractivity contribution in [3.8, 4) is 5.75 Å². The summed E-state index contributed by atoms with van der Waals surface area (Å²) in [7, 11) is 0. The number of hydrogen-bond acceptors (Lipinski definition) is 5. The van der Waals surface area contributed by atoms with Gasteiger partial charge in [-0.25, -0.2) is 9.97 Å². The Balaban J connectivity index is 1.40. The first-order valence-electron chi connectivity index (χ1n) is 10.2. The van der Waals surface area contributed by atoms with Crippen molar-refractivity contribution >= 4 is 5.82 Å². The van der Waals surface area contributed by atoms with Gasteiger partial charge in [-0.3, -0.25) is 0 Å². The highest BCUT2D eigenvalue weighted by Crippen LogP contribution is 2.34. The van der Waals surface area contributed by atoms with Crippen LogP contribution < -0.4 is 9.64 Å². The van der Waals surface area contributed by atoms with Crippen molar-refractivity contribution in [3.63, 3.8) is 0 Å². The van der Waals surface area contributed by atoms with Gasteiger partial charge in [-0.15, -0.1) is 0 Å². The molecule has 1 unspecified atom stereocenters. The van der Waals surface area contributed by atoms with Crippen LogP contribution in [-0.4, -0.2) is 34.8 Å². The van der Waals surface area contributed by atoms with Gasteiger partial charge in [-0.1, -0.05) is 12.1 Å². The summed E-state index contributed by atoms with van der Waals surface area (Å²) in [5, 5.41) is 10.8. The molecular weight excluding hydrogens is 338 g/mol. The molecule has 0 radical (unpaired) electrons. The first-order valence-corrected chi connectivity index (χ1v) is 10.2. The summed E-state index contributed by atoms with van der Waals surface area (Å²) in [6.45, 7) is 4.53. The second kappa shape index (κ2) is 8.26. The van der Waals surface area contributed by atoms with Crippen LogP contribution in [0.3, 0.4) is 0 Å². The highest BCUT2D eigenvalue weighted by Gasteiger charge is 2.28. The molecule has 1 N–H and O–H groups in total. The Morgan fingerprint density at radius 2 is 1.85 bits per heavy atom. The second-order valence-electron chi connectivity index (χ2n) is 7.60. The van der Waals surface area contributed by atoms with E-state index >= 15 is 0 Å². The number of rotatable bonds is 5. The van der Waals surface area contributed by atoms with Crippen molar-refractivity contribution in [3.05, 3.63) is 47.4 Å². The highest BCUT2D eigenvalue weighted by atomic mass is 16.5. The summed E-state index contributed by atoms with van der Waals surface area (Å²) in [5.74, 6) is 2.28. The molecule has 1 aromatic carbocycles. The van der Waals surface area contributed by atoms with Crippen molar-refractivity contribution < 1.29 is 9.84 Å². The Kier molecular flexibility index (Phi) is 5.58. The topological polar surface area (TPSA) is 58.5 Å². The minimum atomic E-state index is -0.415. The number of aromatic nitrogens is 2. The van der Waals surface area contributed by atoms with Gasteiger partial charge in [0.1, 0.15) is 17.9 Å². The van der Waals surface area contributed by atoms with E-state index in [0.717, 1.165) is 55.9 Å². The van der Waals surface area contributed by atoms with E-state index in [0.29, 0.717) is 6.61 Å². The average molecular weight is 367 g/mol. The van der Waals surface area contributed by atoms with E-state index in [-0.39, 0.29) is 5.92 Å².